The van der Waals surface area contributed by atoms with Gasteiger partial charge in [0, 0.05) is 18.5 Å². The molecule has 8 heteroatoms. The number of nitrogens with two attached hydrogens (primary N) is 1. The topological polar surface area (TPSA) is 111 Å². The van der Waals surface area contributed by atoms with E-state index in [9.17, 15) is 14.7 Å². The highest BCUT2D eigenvalue weighted by Crippen LogP contribution is 2.34. The standard InChI is InChI=1S/C32H54N2O5.ClH/c1-10-12-15-34-30(36)22(5)16-28(35)27(33)19-25(21(3)4)17-24-13-14-26(32(7,8)9)29(18-24)39-20-23(6)31(37)38-11-2;/h13-14,18,21-22,25,27-28,35H,6,10-12,15-17,19-20,33H2,1-5,7-9H3,(H,34,36);1H/t22?,25-,27-,28-;/m0./s1. The van der Waals surface area contributed by atoms with Crippen LogP contribution in [0.2, 0.25) is 0 Å². The molecule has 0 saturated heterocycles. The number of ether oxygens (including phenoxy) is 2. The van der Waals surface area contributed by atoms with Gasteiger partial charge in [-0.1, -0.05) is 73.6 Å². The number of benzene rings is 1. The van der Waals surface area contributed by atoms with Gasteiger partial charge in [0.05, 0.1) is 18.3 Å². The molecule has 1 aromatic rings. The zero-order valence-electron chi connectivity index (χ0n) is 26.0. The third-order valence-corrected chi connectivity index (χ3v) is 7.20. The second-order valence-corrected chi connectivity index (χ2v) is 12.1. The second-order valence-electron chi connectivity index (χ2n) is 12.1. The van der Waals surface area contributed by atoms with Crippen LogP contribution in [0.3, 0.4) is 0 Å². The number of carbonyl (C=O) groups is 2. The lowest BCUT2D eigenvalue weighted by Gasteiger charge is -2.29. The van der Waals surface area contributed by atoms with Crippen molar-refractivity contribution in [1.29, 1.82) is 0 Å². The minimum absolute atomic E-state index is 0. The molecule has 7 nitrogen and oxygen atoms in total. The molecule has 230 valence electrons. The number of hydrogen-bond donors (Lipinski definition) is 3. The predicted molar refractivity (Wildman–Crippen MR) is 166 cm³/mol. The maximum atomic E-state index is 12.3. The largest absolute Gasteiger partial charge is 0.488 e. The molecule has 0 spiro atoms. The minimum atomic E-state index is -0.755. The fourth-order valence-electron chi connectivity index (χ4n) is 4.50. The van der Waals surface area contributed by atoms with Gasteiger partial charge in [-0.05, 0) is 67.1 Å². The molecule has 0 fully saturated rings. The first kappa shape index (κ1) is 37.9. The summed E-state index contributed by atoms with van der Waals surface area (Å²) < 4.78 is 11.1. The number of aliphatic hydroxyl groups excluding tert-OH is 1. The molecule has 0 aromatic heterocycles. The zero-order chi connectivity index (χ0) is 29.8. The highest BCUT2D eigenvalue weighted by atomic mass is 35.5. The minimum Gasteiger partial charge on any atom is -0.488 e. The molecule has 0 saturated carbocycles. The molecule has 0 aliphatic heterocycles. The van der Waals surface area contributed by atoms with Gasteiger partial charge in [0.25, 0.3) is 0 Å². The van der Waals surface area contributed by atoms with E-state index in [1.54, 1.807) is 6.92 Å². The lowest BCUT2D eigenvalue weighted by Crippen LogP contribution is -2.41. The van der Waals surface area contributed by atoms with Crippen molar-refractivity contribution in [2.75, 3.05) is 19.8 Å². The van der Waals surface area contributed by atoms with Crippen molar-refractivity contribution in [2.24, 2.45) is 23.5 Å². The summed E-state index contributed by atoms with van der Waals surface area (Å²) in [5, 5.41) is 13.7. The van der Waals surface area contributed by atoms with Crippen LogP contribution in [-0.2, 0) is 26.2 Å². The van der Waals surface area contributed by atoms with Crippen LogP contribution >= 0.6 is 12.4 Å². The van der Waals surface area contributed by atoms with E-state index in [4.69, 9.17) is 15.2 Å². The molecular formula is C32H55ClN2O5. The van der Waals surface area contributed by atoms with Gasteiger partial charge in [-0.2, -0.15) is 0 Å². The third-order valence-electron chi connectivity index (χ3n) is 7.20. The number of nitrogens with one attached hydrogen (secondary N) is 1. The van der Waals surface area contributed by atoms with E-state index in [0.717, 1.165) is 36.1 Å². The second kappa shape index (κ2) is 18.4. The first-order valence-corrected chi connectivity index (χ1v) is 14.5. The van der Waals surface area contributed by atoms with Crippen LogP contribution in [-0.4, -0.2) is 48.9 Å². The van der Waals surface area contributed by atoms with Crippen LogP contribution < -0.4 is 15.8 Å². The van der Waals surface area contributed by atoms with Gasteiger partial charge in [-0.25, -0.2) is 4.79 Å². The fraction of sp³-hybridized carbons (Fsp3) is 0.688. The molecular weight excluding hydrogens is 528 g/mol. The lowest BCUT2D eigenvalue weighted by atomic mass is 9.81. The Morgan fingerprint density at radius 1 is 1.12 bits per heavy atom. The van der Waals surface area contributed by atoms with Crippen molar-refractivity contribution in [2.45, 2.75) is 105 Å². The Balaban J connectivity index is 0.0000152. The van der Waals surface area contributed by atoms with Crippen molar-refractivity contribution in [3.8, 4) is 5.75 Å². The molecule has 0 aliphatic rings. The number of halogens is 1. The van der Waals surface area contributed by atoms with E-state index in [1.165, 1.54) is 0 Å². The van der Waals surface area contributed by atoms with Gasteiger partial charge in [-0.15, -0.1) is 12.4 Å². The zero-order valence-corrected chi connectivity index (χ0v) is 26.9. The van der Waals surface area contributed by atoms with Gasteiger partial charge >= 0.3 is 5.97 Å². The Morgan fingerprint density at radius 2 is 1.77 bits per heavy atom. The smallest absolute Gasteiger partial charge is 0.336 e. The normalized spacial score (nSPS) is 14.5. The number of amides is 1. The van der Waals surface area contributed by atoms with E-state index in [-0.39, 0.29) is 47.7 Å². The summed E-state index contributed by atoms with van der Waals surface area (Å²) in [4.78, 5) is 24.3. The molecule has 1 unspecified atom stereocenters. The van der Waals surface area contributed by atoms with E-state index in [2.05, 4.69) is 65.6 Å². The molecule has 4 N–H and O–H groups in total. The maximum Gasteiger partial charge on any atom is 0.336 e. The van der Waals surface area contributed by atoms with Crippen LogP contribution in [0.25, 0.3) is 0 Å². The summed E-state index contributed by atoms with van der Waals surface area (Å²) in [5.74, 6) is 0.507. The Hall–Kier alpha value is -2.09. The molecule has 40 heavy (non-hydrogen) atoms. The highest BCUT2D eigenvalue weighted by molar-refractivity contribution is 5.88. The van der Waals surface area contributed by atoms with Gasteiger partial charge in [0.15, 0.2) is 0 Å². The van der Waals surface area contributed by atoms with Crippen LogP contribution in [0.4, 0.5) is 0 Å². The number of carbonyl (C=O) groups excluding carboxylic acids is 2. The number of hydrogen-bond acceptors (Lipinski definition) is 6. The van der Waals surface area contributed by atoms with Crippen LogP contribution in [0, 0.1) is 17.8 Å². The van der Waals surface area contributed by atoms with Crippen molar-refractivity contribution in [3.63, 3.8) is 0 Å². The lowest BCUT2D eigenvalue weighted by molar-refractivity contribution is -0.138. The van der Waals surface area contributed by atoms with Gasteiger partial charge in [-0.3, -0.25) is 4.79 Å². The van der Waals surface area contributed by atoms with Crippen molar-refractivity contribution < 1.29 is 24.2 Å². The predicted octanol–water partition coefficient (Wildman–Crippen LogP) is 5.74. The quantitative estimate of drug-likeness (QED) is 0.123. The van der Waals surface area contributed by atoms with E-state index < -0.39 is 18.1 Å². The molecule has 4 atom stereocenters. The van der Waals surface area contributed by atoms with Gasteiger partial charge < -0.3 is 25.6 Å². The summed E-state index contributed by atoms with van der Waals surface area (Å²) in [7, 11) is 0. The van der Waals surface area contributed by atoms with Crippen LogP contribution in [0.5, 0.6) is 5.75 Å². The van der Waals surface area contributed by atoms with E-state index in [0.29, 0.717) is 31.9 Å². The summed E-state index contributed by atoms with van der Waals surface area (Å²) in [6.07, 6.45) is 2.96. The Bertz CT molecular complexity index is 928. The van der Waals surface area contributed by atoms with Gasteiger partial charge in [0.1, 0.15) is 12.4 Å². The molecule has 0 bridgehead atoms. The Kier molecular flexibility index (Phi) is 17.4. The average Bonchev–Trinajstić information content (AvgIpc) is 2.86. The summed E-state index contributed by atoms with van der Waals surface area (Å²) >= 11 is 0. The number of aliphatic hydroxyl groups is 1. The molecule has 0 radical (unpaired) electrons. The molecule has 1 amide bonds. The van der Waals surface area contributed by atoms with Crippen LogP contribution in [0.15, 0.2) is 30.4 Å². The number of esters is 1. The summed E-state index contributed by atoms with van der Waals surface area (Å²) in [6, 6.07) is 5.82. The third kappa shape index (κ3) is 13.0. The SMILES string of the molecule is C=C(COc1cc(C[C@@H](C[C@H](N)[C@@H](O)CC(C)C(=O)NCCCC)C(C)C)ccc1C(C)(C)C)C(=O)OCC.Cl. The Morgan fingerprint density at radius 3 is 2.33 bits per heavy atom. The Labute approximate surface area is 249 Å². The van der Waals surface area contributed by atoms with Crippen molar-refractivity contribution in [3.05, 3.63) is 41.5 Å². The highest BCUT2D eigenvalue weighted by Gasteiger charge is 2.27. The molecule has 0 heterocycles. The van der Waals surface area contributed by atoms with Crippen LogP contribution in [0.1, 0.15) is 92.2 Å². The molecule has 0 aliphatic carbocycles. The van der Waals surface area contributed by atoms with Gasteiger partial charge in [0.2, 0.25) is 5.91 Å². The van der Waals surface area contributed by atoms with Crippen molar-refractivity contribution in [1.82, 2.24) is 5.32 Å². The number of rotatable bonds is 17. The average molecular weight is 583 g/mol. The molecule has 1 aromatic carbocycles. The van der Waals surface area contributed by atoms with E-state index in [1.807, 2.05) is 13.0 Å². The first-order chi connectivity index (χ1) is 18.2. The molecule has 1 rings (SSSR count). The maximum absolute atomic E-state index is 12.3. The monoisotopic (exact) mass is 582 g/mol. The fourth-order valence-corrected chi connectivity index (χ4v) is 4.50. The van der Waals surface area contributed by atoms with E-state index >= 15 is 0 Å². The summed E-state index contributed by atoms with van der Waals surface area (Å²) in [5.41, 5.74) is 8.73. The number of unbranched alkanes of at least 4 members (excludes halogenated alkanes) is 1. The first-order valence-electron chi connectivity index (χ1n) is 14.5. The van der Waals surface area contributed by atoms with Crippen molar-refractivity contribution >= 4 is 24.3 Å². The summed E-state index contributed by atoms with van der Waals surface area (Å²) in [6.45, 7) is 21.2.